The zero-order valence-electron chi connectivity index (χ0n) is 21.0. The van der Waals surface area contributed by atoms with E-state index in [1.54, 1.807) is 21.3 Å². The van der Waals surface area contributed by atoms with Crippen LogP contribution in [0.3, 0.4) is 0 Å². The SMILES string of the molecule is COc1cc([C@H](c2sc3nc(C)nn3c2O)N2CCN(Cc3ccccc3)CC2)cc(OC)c1OC. The first-order valence-electron chi connectivity index (χ1n) is 11.9. The van der Waals surface area contributed by atoms with Gasteiger partial charge in [-0.25, -0.2) is 4.98 Å². The Morgan fingerprint density at radius 1 is 0.972 bits per heavy atom. The average Bonchev–Trinajstić information content (AvgIpc) is 3.41. The number of piperazine rings is 1. The molecule has 0 unspecified atom stereocenters. The van der Waals surface area contributed by atoms with Crippen molar-refractivity contribution in [3.8, 4) is 23.1 Å². The van der Waals surface area contributed by atoms with Crippen molar-refractivity contribution in [1.82, 2.24) is 24.4 Å². The summed E-state index contributed by atoms with van der Waals surface area (Å²) < 4.78 is 18.4. The maximum Gasteiger partial charge on any atom is 0.230 e. The third-order valence-electron chi connectivity index (χ3n) is 6.58. The van der Waals surface area contributed by atoms with E-state index in [0.717, 1.165) is 43.2 Å². The Bertz CT molecular complexity index is 1310. The van der Waals surface area contributed by atoms with E-state index in [9.17, 15) is 5.11 Å². The number of rotatable bonds is 8. The molecule has 1 saturated heterocycles. The molecule has 0 saturated carbocycles. The molecule has 0 bridgehead atoms. The maximum absolute atomic E-state index is 11.2. The van der Waals surface area contributed by atoms with Gasteiger partial charge in [-0.05, 0) is 30.2 Å². The largest absolute Gasteiger partial charge is 0.493 e. The number of methoxy groups -OCH3 is 3. The van der Waals surface area contributed by atoms with Gasteiger partial charge < -0.3 is 19.3 Å². The molecule has 0 spiro atoms. The standard InChI is InChI=1S/C26H31N5O4S/c1-17-27-26-31(28-17)25(32)24(36-26)22(19-14-20(33-2)23(35-4)21(15-19)34-3)30-12-10-29(11-13-30)16-18-8-6-5-7-9-18/h5-9,14-15,22,32H,10-13,16H2,1-4H3/t22-/m1/s1. The van der Waals surface area contributed by atoms with Gasteiger partial charge in [0.25, 0.3) is 0 Å². The van der Waals surface area contributed by atoms with Crippen LogP contribution in [0.25, 0.3) is 4.96 Å². The van der Waals surface area contributed by atoms with Crippen molar-refractivity contribution >= 4 is 16.3 Å². The van der Waals surface area contributed by atoms with E-state index in [4.69, 9.17) is 14.2 Å². The minimum absolute atomic E-state index is 0.112. The molecule has 1 atom stereocenters. The summed E-state index contributed by atoms with van der Waals surface area (Å²) in [6, 6.07) is 14.2. The number of benzene rings is 2. The quantitative estimate of drug-likeness (QED) is 0.385. The summed E-state index contributed by atoms with van der Waals surface area (Å²) in [5, 5.41) is 15.6. The predicted molar refractivity (Wildman–Crippen MR) is 138 cm³/mol. The normalized spacial score (nSPS) is 15.8. The summed E-state index contributed by atoms with van der Waals surface area (Å²) in [6.07, 6.45) is 0. The van der Waals surface area contributed by atoms with Gasteiger partial charge in [0.2, 0.25) is 16.6 Å². The molecule has 4 aromatic rings. The van der Waals surface area contributed by atoms with Gasteiger partial charge in [0.05, 0.1) is 32.2 Å². The first kappa shape index (κ1) is 24.4. The Morgan fingerprint density at radius 2 is 1.64 bits per heavy atom. The molecule has 1 fully saturated rings. The smallest absolute Gasteiger partial charge is 0.230 e. The fraction of sp³-hybridized carbons (Fsp3) is 0.385. The van der Waals surface area contributed by atoms with E-state index in [0.29, 0.717) is 28.0 Å². The van der Waals surface area contributed by atoms with Crippen molar-refractivity contribution in [2.45, 2.75) is 19.5 Å². The highest BCUT2D eigenvalue weighted by molar-refractivity contribution is 7.17. The van der Waals surface area contributed by atoms with Crippen LogP contribution in [0.2, 0.25) is 0 Å². The number of nitrogens with zero attached hydrogens (tertiary/aromatic N) is 5. The number of hydrogen-bond acceptors (Lipinski definition) is 9. The highest BCUT2D eigenvalue weighted by Crippen LogP contribution is 2.45. The van der Waals surface area contributed by atoms with Gasteiger partial charge in [-0.15, -0.1) is 5.10 Å². The molecular formula is C26H31N5O4S. The highest BCUT2D eigenvalue weighted by atomic mass is 32.1. The van der Waals surface area contributed by atoms with E-state index in [1.165, 1.54) is 21.4 Å². The lowest BCUT2D eigenvalue weighted by molar-refractivity contribution is 0.104. The minimum Gasteiger partial charge on any atom is -0.493 e. The Morgan fingerprint density at radius 3 is 2.22 bits per heavy atom. The third kappa shape index (κ3) is 4.59. The van der Waals surface area contributed by atoms with Gasteiger partial charge >= 0.3 is 0 Å². The highest BCUT2D eigenvalue weighted by Gasteiger charge is 2.33. The lowest BCUT2D eigenvalue weighted by Gasteiger charge is -2.39. The summed E-state index contributed by atoms with van der Waals surface area (Å²) in [5.41, 5.74) is 2.25. The Balaban J connectivity index is 1.51. The summed E-state index contributed by atoms with van der Waals surface area (Å²) in [5.74, 6) is 2.43. The van der Waals surface area contributed by atoms with E-state index in [1.807, 2.05) is 25.1 Å². The van der Waals surface area contributed by atoms with Crippen LogP contribution in [0.5, 0.6) is 23.1 Å². The number of aromatic hydroxyl groups is 1. The Hall–Kier alpha value is -3.34. The van der Waals surface area contributed by atoms with Gasteiger partial charge in [0, 0.05) is 32.7 Å². The fourth-order valence-corrected chi connectivity index (χ4v) is 6.00. The minimum atomic E-state index is -0.230. The first-order valence-corrected chi connectivity index (χ1v) is 12.7. The maximum atomic E-state index is 11.2. The van der Waals surface area contributed by atoms with Crippen molar-refractivity contribution in [3.05, 3.63) is 64.3 Å². The summed E-state index contributed by atoms with van der Waals surface area (Å²) in [4.78, 5) is 10.8. The molecule has 2 aromatic carbocycles. The van der Waals surface area contributed by atoms with Gasteiger partial charge in [-0.2, -0.15) is 4.52 Å². The monoisotopic (exact) mass is 509 g/mol. The summed E-state index contributed by atoms with van der Waals surface area (Å²) >= 11 is 1.45. The molecule has 0 amide bonds. The molecular weight excluding hydrogens is 478 g/mol. The summed E-state index contributed by atoms with van der Waals surface area (Å²) in [7, 11) is 4.82. The Kier molecular flexibility index (Phi) is 6.99. The lowest BCUT2D eigenvalue weighted by atomic mass is 10.0. The molecule has 1 aliphatic heterocycles. The topological polar surface area (TPSA) is 84.6 Å². The van der Waals surface area contributed by atoms with Crippen molar-refractivity contribution in [2.75, 3.05) is 47.5 Å². The third-order valence-corrected chi connectivity index (χ3v) is 7.65. The fourth-order valence-electron chi connectivity index (χ4n) is 4.83. The lowest BCUT2D eigenvalue weighted by Crippen LogP contribution is -2.47. The first-order chi connectivity index (χ1) is 17.5. The zero-order chi connectivity index (χ0) is 25.2. The van der Waals surface area contributed by atoms with Crippen molar-refractivity contribution < 1.29 is 19.3 Å². The van der Waals surface area contributed by atoms with Crippen molar-refractivity contribution in [2.24, 2.45) is 0 Å². The molecule has 1 aliphatic rings. The number of thiazole rings is 1. The second-order valence-corrected chi connectivity index (χ2v) is 9.81. The van der Waals surface area contributed by atoms with Crippen LogP contribution >= 0.6 is 11.3 Å². The average molecular weight is 510 g/mol. The van der Waals surface area contributed by atoms with E-state index < -0.39 is 0 Å². The molecule has 0 radical (unpaired) electrons. The number of fused-ring (bicyclic) bond motifs is 1. The second-order valence-electron chi connectivity index (χ2n) is 8.80. The Labute approximate surface area is 214 Å². The van der Waals surface area contributed by atoms with Crippen LogP contribution in [-0.4, -0.2) is 77.0 Å². The van der Waals surface area contributed by atoms with Crippen LogP contribution < -0.4 is 14.2 Å². The van der Waals surface area contributed by atoms with Crippen LogP contribution in [0, 0.1) is 6.92 Å². The second kappa shape index (κ2) is 10.3. The van der Waals surface area contributed by atoms with Crippen molar-refractivity contribution in [3.63, 3.8) is 0 Å². The molecule has 190 valence electrons. The van der Waals surface area contributed by atoms with Crippen LogP contribution in [-0.2, 0) is 6.54 Å². The van der Waals surface area contributed by atoms with E-state index >= 15 is 0 Å². The molecule has 36 heavy (non-hydrogen) atoms. The van der Waals surface area contributed by atoms with Crippen LogP contribution in [0.4, 0.5) is 0 Å². The number of ether oxygens (including phenoxy) is 3. The molecule has 9 nitrogen and oxygen atoms in total. The number of hydrogen-bond donors (Lipinski definition) is 1. The van der Waals surface area contributed by atoms with Gasteiger partial charge in [0.15, 0.2) is 11.5 Å². The molecule has 2 aromatic heterocycles. The van der Waals surface area contributed by atoms with Crippen LogP contribution in [0.1, 0.15) is 27.9 Å². The van der Waals surface area contributed by atoms with Crippen LogP contribution in [0.15, 0.2) is 42.5 Å². The van der Waals surface area contributed by atoms with E-state index in [2.05, 4.69) is 44.1 Å². The zero-order valence-corrected chi connectivity index (χ0v) is 21.8. The predicted octanol–water partition coefficient (Wildman–Crippen LogP) is 3.74. The van der Waals surface area contributed by atoms with Gasteiger partial charge in [-0.3, -0.25) is 9.80 Å². The molecule has 1 N–H and O–H groups in total. The van der Waals surface area contributed by atoms with Crippen molar-refractivity contribution in [1.29, 1.82) is 0 Å². The molecule has 0 aliphatic carbocycles. The van der Waals surface area contributed by atoms with Gasteiger partial charge in [0.1, 0.15) is 5.82 Å². The van der Waals surface area contributed by atoms with E-state index in [-0.39, 0.29) is 11.9 Å². The molecule has 5 rings (SSSR count). The molecule has 10 heteroatoms. The number of aryl methyl sites for hydroxylation is 1. The number of aromatic nitrogens is 3. The molecule has 3 heterocycles. The summed E-state index contributed by atoms with van der Waals surface area (Å²) in [6.45, 7) is 6.24. The van der Waals surface area contributed by atoms with Gasteiger partial charge in [-0.1, -0.05) is 41.7 Å².